The minimum absolute atomic E-state index is 0.509. The first kappa shape index (κ1) is 10.3. The third-order valence-electron chi connectivity index (χ3n) is 1.37. The van der Waals surface area contributed by atoms with E-state index in [-0.39, 0.29) is 0 Å². The Hall–Kier alpha value is 0.180. The van der Waals surface area contributed by atoms with E-state index in [0.29, 0.717) is 5.30 Å². The van der Waals surface area contributed by atoms with Gasteiger partial charge >= 0.3 is 6.72 Å². The van der Waals surface area contributed by atoms with Gasteiger partial charge in [0.25, 0.3) is 0 Å². The number of rotatable bonds is 2. The monoisotopic (exact) mass is 268 g/mol. The smallest absolute Gasteiger partial charge is 0.318 e. The second-order valence-corrected chi connectivity index (χ2v) is 6.23. The van der Waals surface area contributed by atoms with Crippen molar-refractivity contribution in [2.24, 2.45) is 0 Å². The van der Waals surface area contributed by atoms with Crippen LogP contribution in [0.5, 0.6) is 0 Å². The molecule has 0 radical (unpaired) electrons. The Morgan fingerprint density at radius 1 is 1.42 bits per heavy atom. The summed E-state index contributed by atoms with van der Waals surface area (Å²) in [7, 11) is 1.33. The summed E-state index contributed by atoms with van der Waals surface area (Å²) in [6.45, 7) is -3.09. The molecule has 5 heteroatoms. The number of hydrogen-bond acceptors (Lipinski definition) is 2. The molecule has 1 atom stereocenters. The van der Waals surface area contributed by atoms with Crippen molar-refractivity contribution in [3.05, 3.63) is 28.7 Å². The number of benzene rings is 1. The zero-order valence-corrected chi connectivity index (χ0v) is 9.57. The second kappa shape index (κ2) is 3.93. The van der Waals surface area contributed by atoms with Crippen LogP contribution in [0.3, 0.4) is 0 Å². The van der Waals surface area contributed by atoms with Crippen LogP contribution in [0.2, 0.25) is 0 Å². The van der Waals surface area contributed by atoms with Gasteiger partial charge in [-0.25, -0.2) is 0 Å². The van der Waals surface area contributed by atoms with Crippen molar-refractivity contribution < 1.29 is 9.09 Å². The van der Waals surface area contributed by atoms with E-state index in [1.54, 1.807) is 24.3 Å². The Labute approximate surface area is 84.2 Å². The SMILES string of the molecule is COP(=O)(Cl)c1ccc(Br)cc1. The van der Waals surface area contributed by atoms with Crippen LogP contribution in [0.25, 0.3) is 0 Å². The molecule has 1 aromatic rings. The molecule has 0 aromatic heterocycles. The fourth-order valence-corrected chi connectivity index (χ4v) is 2.04. The van der Waals surface area contributed by atoms with Gasteiger partial charge < -0.3 is 4.52 Å². The first-order chi connectivity index (χ1) is 5.56. The predicted molar refractivity (Wildman–Crippen MR) is 54.2 cm³/mol. The van der Waals surface area contributed by atoms with E-state index in [1.165, 1.54) is 7.11 Å². The highest BCUT2D eigenvalue weighted by molar-refractivity contribution is 9.10. The minimum atomic E-state index is -3.09. The molecular formula is C7H7BrClO2P. The molecule has 0 bridgehead atoms. The van der Waals surface area contributed by atoms with Gasteiger partial charge in [0.2, 0.25) is 0 Å². The molecule has 1 aromatic carbocycles. The molecule has 66 valence electrons. The summed E-state index contributed by atoms with van der Waals surface area (Å²) < 4.78 is 17.0. The van der Waals surface area contributed by atoms with Gasteiger partial charge in [-0.1, -0.05) is 15.9 Å². The Balaban J connectivity index is 3.05. The summed E-state index contributed by atoms with van der Waals surface area (Å²) in [4.78, 5) is 0. The van der Waals surface area contributed by atoms with E-state index in [9.17, 15) is 4.57 Å². The summed E-state index contributed by atoms with van der Waals surface area (Å²) in [5.41, 5.74) is 0. The molecule has 0 heterocycles. The maximum Gasteiger partial charge on any atom is 0.319 e. The summed E-state index contributed by atoms with van der Waals surface area (Å²) >= 11 is 8.88. The lowest BCUT2D eigenvalue weighted by Gasteiger charge is -2.06. The van der Waals surface area contributed by atoms with Crippen LogP contribution >= 0.6 is 33.9 Å². The zero-order chi connectivity index (χ0) is 9.19. The summed E-state index contributed by atoms with van der Waals surface area (Å²) in [6.07, 6.45) is 0. The molecule has 1 unspecified atom stereocenters. The van der Waals surface area contributed by atoms with Crippen molar-refractivity contribution in [3.63, 3.8) is 0 Å². The molecule has 2 nitrogen and oxygen atoms in total. The van der Waals surface area contributed by atoms with Crippen LogP contribution in [0.1, 0.15) is 0 Å². The first-order valence-corrected chi connectivity index (χ1v) is 6.50. The molecule has 0 N–H and O–H groups in total. The highest BCUT2D eigenvalue weighted by Gasteiger charge is 2.19. The van der Waals surface area contributed by atoms with Crippen molar-refractivity contribution in [2.75, 3.05) is 7.11 Å². The summed E-state index contributed by atoms with van der Waals surface area (Å²) in [5.74, 6) is 0. The van der Waals surface area contributed by atoms with Crippen molar-refractivity contribution in [2.45, 2.75) is 0 Å². The number of halogens is 2. The average molecular weight is 269 g/mol. The van der Waals surface area contributed by atoms with Crippen LogP contribution in [-0.2, 0) is 9.09 Å². The summed E-state index contributed by atoms with van der Waals surface area (Å²) in [6, 6.07) is 6.87. The van der Waals surface area contributed by atoms with Gasteiger partial charge in [-0.15, -0.1) is 0 Å². The van der Waals surface area contributed by atoms with Crippen molar-refractivity contribution in [1.82, 2.24) is 0 Å². The Morgan fingerprint density at radius 2 is 1.92 bits per heavy atom. The first-order valence-electron chi connectivity index (χ1n) is 3.18. The van der Waals surface area contributed by atoms with E-state index >= 15 is 0 Å². The quantitative estimate of drug-likeness (QED) is 0.771. The maximum absolute atomic E-state index is 11.4. The lowest BCUT2D eigenvalue weighted by atomic mass is 10.4. The second-order valence-electron chi connectivity index (χ2n) is 2.14. The van der Waals surface area contributed by atoms with Crippen LogP contribution < -0.4 is 5.30 Å². The molecule has 0 aliphatic carbocycles. The molecule has 1 rings (SSSR count). The van der Waals surface area contributed by atoms with E-state index in [0.717, 1.165) is 4.47 Å². The zero-order valence-electron chi connectivity index (χ0n) is 6.33. The van der Waals surface area contributed by atoms with Crippen LogP contribution in [0.15, 0.2) is 28.7 Å². The van der Waals surface area contributed by atoms with Gasteiger partial charge in [0.1, 0.15) is 0 Å². The van der Waals surface area contributed by atoms with Gasteiger partial charge in [-0.05, 0) is 35.5 Å². The van der Waals surface area contributed by atoms with Crippen LogP contribution in [0, 0.1) is 0 Å². The molecular weight excluding hydrogens is 262 g/mol. The molecule has 0 saturated heterocycles. The van der Waals surface area contributed by atoms with Gasteiger partial charge in [0.15, 0.2) is 0 Å². The Morgan fingerprint density at radius 3 is 2.33 bits per heavy atom. The molecule has 0 aliphatic heterocycles. The fraction of sp³-hybridized carbons (Fsp3) is 0.143. The van der Waals surface area contributed by atoms with Crippen LogP contribution in [-0.4, -0.2) is 7.11 Å². The van der Waals surface area contributed by atoms with Crippen molar-refractivity contribution in [3.8, 4) is 0 Å². The lowest BCUT2D eigenvalue weighted by molar-refractivity contribution is 0.417. The lowest BCUT2D eigenvalue weighted by Crippen LogP contribution is -2.00. The topological polar surface area (TPSA) is 26.3 Å². The van der Waals surface area contributed by atoms with E-state index in [2.05, 4.69) is 20.5 Å². The predicted octanol–water partition coefficient (Wildman–Crippen LogP) is 3.15. The van der Waals surface area contributed by atoms with E-state index < -0.39 is 6.72 Å². The molecule has 0 fully saturated rings. The van der Waals surface area contributed by atoms with Gasteiger partial charge in [-0.3, -0.25) is 4.57 Å². The molecule has 0 amide bonds. The van der Waals surface area contributed by atoms with Gasteiger partial charge in [-0.2, -0.15) is 0 Å². The maximum atomic E-state index is 11.4. The summed E-state index contributed by atoms with van der Waals surface area (Å²) in [5, 5.41) is 0.509. The minimum Gasteiger partial charge on any atom is -0.318 e. The number of hydrogen-bond donors (Lipinski definition) is 0. The fourth-order valence-electron chi connectivity index (χ4n) is 0.725. The normalized spacial score (nSPS) is 15.6. The third-order valence-corrected chi connectivity index (χ3v) is 4.28. The van der Waals surface area contributed by atoms with Crippen molar-refractivity contribution >= 4 is 39.2 Å². The molecule has 0 saturated carbocycles. The standard InChI is InChI=1S/C7H7BrClO2P/c1-11-12(9,10)7-4-2-6(8)3-5-7/h2-5H,1H3. The Kier molecular flexibility index (Phi) is 3.36. The van der Waals surface area contributed by atoms with Gasteiger partial charge in [0.05, 0.1) is 5.30 Å². The van der Waals surface area contributed by atoms with Gasteiger partial charge in [0, 0.05) is 11.6 Å². The molecule has 0 spiro atoms. The highest BCUT2D eigenvalue weighted by Crippen LogP contribution is 2.50. The van der Waals surface area contributed by atoms with Crippen molar-refractivity contribution in [1.29, 1.82) is 0 Å². The van der Waals surface area contributed by atoms with E-state index in [4.69, 9.17) is 11.2 Å². The molecule has 12 heavy (non-hydrogen) atoms. The van der Waals surface area contributed by atoms with E-state index in [1.807, 2.05) is 0 Å². The third kappa shape index (κ3) is 2.33. The Bertz CT molecular complexity index is 312. The van der Waals surface area contributed by atoms with Crippen LogP contribution in [0.4, 0.5) is 0 Å². The average Bonchev–Trinajstić information content (AvgIpc) is 2.05. The largest absolute Gasteiger partial charge is 0.319 e. The molecule has 0 aliphatic rings. The highest BCUT2D eigenvalue weighted by atomic mass is 79.9.